The van der Waals surface area contributed by atoms with Crippen molar-refractivity contribution < 1.29 is 0 Å². The number of nitrogens with one attached hydrogen (secondary N) is 1. The molecule has 0 saturated carbocycles. The minimum absolute atomic E-state index is 0.566. The molecule has 0 saturated heterocycles. The second kappa shape index (κ2) is 7.25. The van der Waals surface area contributed by atoms with E-state index in [2.05, 4.69) is 54.8 Å². The lowest BCUT2D eigenvalue weighted by Crippen LogP contribution is -2.26. The third-order valence-corrected chi connectivity index (χ3v) is 3.85. The fraction of sp³-hybridized carbons (Fsp3) is 0.471. The summed E-state index contributed by atoms with van der Waals surface area (Å²) in [7, 11) is 4.03. The first-order valence-electron chi connectivity index (χ1n) is 7.37. The van der Waals surface area contributed by atoms with E-state index in [4.69, 9.17) is 0 Å². The molecule has 20 heavy (non-hydrogen) atoms. The summed E-state index contributed by atoms with van der Waals surface area (Å²) in [5.74, 6) is 0. The molecule has 1 heterocycles. The van der Waals surface area contributed by atoms with Crippen molar-refractivity contribution >= 4 is 0 Å². The first-order valence-corrected chi connectivity index (χ1v) is 7.37. The van der Waals surface area contributed by atoms with E-state index in [1.165, 1.54) is 23.1 Å². The molecule has 0 aliphatic rings. The van der Waals surface area contributed by atoms with Gasteiger partial charge in [-0.15, -0.1) is 0 Å². The molecule has 0 bridgehead atoms. The molecule has 0 spiro atoms. The average Bonchev–Trinajstić information content (AvgIpc) is 2.87. The van der Waals surface area contributed by atoms with Gasteiger partial charge in [0, 0.05) is 19.3 Å². The third kappa shape index (κ3) is 4.49. The fourth-order valence-electron chi connectivity index (χ4n) is 2.47. The maximum absolute atomic E-state index is 4.22. The first kappa shape index (κ1) is 14.8. The lowest BCUT2D eigenvalue weighted by Gasteiger charge is -2.15. The Bertz CT molecular complexity index is 513. The molecule has 0 aliphatic carbocycles. The molecule has 1 aromatic carbocycles. The Morgan fingerprint density at radius 2 is 1.75 bits per heavy atom. The van der Waals surface area contributed by atoms with Crippen molar-refractivity contribution in [3.8, 4) is 0 Å². The Morgan fingerprint density at radius 3 is 2.30 bits per heavy atom. The third-order valence-electron chi connectivity index (χ3n) is 3.85. The molecule has 2 aromatic rings. The molecule has 3 heteroatoms. The number of rotatable bonds is 7. The quantitative estimate of drug-likeness (QED) is 0.839. The molecule has 0 aliphatic heterocycles. The van der Waals surface area contributed by atoms with Gasteiger partial charge in [-0.2, -0.15) is 5.10 Å². The van der Waals surface area contributed by atoms with Gasteiger partial charge in [-0.25, -0.2) is 0 Å². The molecule has 3 nitrogen and oxygen atoms in total. The molecule has 2 rings (SSSR count). The second-order valence-corrected chi connectivity index (χ2v) is 5.57. The summed E-state index contributed by atoms with van der Waals surface area (Å²) < 4.78 is 1.87. The minimum atomic E-state index is 0.566. The van der Waals surface area contributed by atoms with E-state index in [0.29, 0.717) is 6.04 Å². The topological polar surface area (TPSA) is 29.9 Å². The van der Waals surface area contributed by atoms with Gasteiger partial charge in [0.2, 0.25) is 0 Å². The molecule has 0 fully saturated rings. The van der Waals surface area contributed by atoms with Crippen LogP contribution >= 0.6 is 0 Å². The second-order valence-electron chi connectivity index (χ2n) is 5.57. The van der Waals surface area contributed by atoms with Gasteiger partial charge in [-0.05, 0) is 50.8 Å². The summed E-state index contributed by atoms with van der Waals surface area (Å²) >= 11 is 0. The van der Waals surface area contributed by atoms with Crippen LogP contribution in [-0.2, 0) is 19.9 Å². The number of nitrogens with zero attached hydrogens (tertiary/aromatic N) is 2. The van der Waals surface area contributed by atoms with Gasteiger partial charge in [0.05, 0.1) is 6.20 Å². The molecule has 1 atom stereocenters. The molecule has 0 amide bonds. The van der Waals surface area contributed by atoms with Crippen LogP contribution in [0.3, 0.4) is 0 Å². The summed E-state index contributed by atoms with van der Waals surface area (Å²) in [6, 6.07) is 9.43. The fourth-order valence-corrected chi connectivity index (χ4v) is 2.47. The number of aryl methyl sites for hydroxylation is 4. The van der Waals surface area contributed by atoms with Crippen LogP contribution in [0.5, 0.6) is 0 Å². The summed E-state index contributed by atoms with van der Waals surface area (Å²) in [4.78, 5) is 0. The molecule has 1 aromatic heterocycles. The number of hydrogen-bond acceptors (Lipinski definition) is 2. The van der Waals surface area contributed by atoms with Crippen LogP contribution in [0.4, 0.5) is 0 Å². The van der Waals surface area contributed by atoms with Gasteiger partial charge in [0.15, 0.2) is 0 Å². The van der Waals surface area contributed by atoms with Crippen molar-refractivity contribution in [2.75, 3.05) is 7.05 Å². The van der Waals surface area contributed by atoms with Gasteiger partial charge >= 0.3 is 0 Å². The SMILES string of the molecule is CNC(CCc1ccc(C)cc1)CCc1cnn(C)c1. The highest BCUT2D eigenvalue weighted by atomic mass is 15.2. The van der Waals surface area contributed by atoms with Crippen molar-refractivity contribution in [1.82, 2.24) is 15.1 Å². The maximum atomic E-state index is 4.22. The Kier molecular flexibility index (Phi) is 5.36. The van der Waals surface area contributed by atoms with Crippen molar-refractivity contribution in [2.45, 2.75) is 38.6 Å². The Labute approximate surface area is 122 Å². The Hall–Kier alpha value is -1.61. The molecular formula is C17H25N3. The van der Waals surface area contributed by atoms with Crippen molar-refractivity contribution in [3.05, 3.63) is 53.3 Å². The van der Waals surface area contributed by atoms with Crippen LogP contribution in [0.15, 0.2) is 36.7 Å². The maximum Gasteiger partial charge on any atom is 0.0521 e. The van der Waals surface area contributed by atoms with Gasteiger partial charge in [0.1, 0.15) is 0 Å². The highest BCUT2D eigenvalue weighted by molar-refractivity contribution is 5.21. The lowest BCUT2D eigenvalue weighted by molar-refractivity contribution is 0.489. The van der Waals surface area contributed by atoms with E-state index in [1.54, 1.807) is 0 Å². The van der Waals surface area contributed by atoms with Crippen LogP contribution in [-0.4, -0.2) is 22.9 Å². The molecule has 1 unspecified atom stereocenters. The number of benzene rings is 1. The van der Waals surface area contributed by atoms with Crippen molar-refractivity contribution in [1.29, 1.82) is 0 Å². The van der Waals surface area contributed by atoms with E-state index in [9.17, 15) is 0 Å². The van der Waals surface area contributed by atoms with E-state index < -0.39 is 0 Å². The van der Waals surface area contributed by atoms with Gasteiger partial charge < -0.3 is 5.32 Å². The highest BCUT2D eigenvalue weighted by Gasteiger charge is 2.07. The van der Waals surface area contributed by atoms with Crippen LogP contribution in [0.25, 0.3) is 0 Å². The average molecular weight is 271 g/mol. The van der Waals surface area contributed by atoms with Crippen molar-refractivity contribution in [3.63, 3.8) is 0 Å². The van der Waals surface area contributed by atoms with Gasteiger partial charge in [0.25, 0.3) is 0 Å². The Balaban J connectivity index is 1.78. The zero-order chi connectivity index (χ0) is 14.4. The van der Waals surface area contributed by atoms with E-state index in [-0.39, 0.29) is 0 Å². The lowest BCUT2D eigenvalue weighted by atomic mass is 10.00. The van der Waals surface area contributed by atoms with E-state index >= 15 is 0 Å². The predicted molar refractivity (Wildman–Crippen MR) is 83.9 cm³/mol. The van der Waals surface area contributed by atoms with Crippen molar-refractivity contribution in [2.24, 2.45) is 7.05 Å². The van der Waals surface area contributed by atoms with Crippen LogP contribution in [0.1, 0.15) is 29.5 Å². The zero-order valence-electron chi connectivity index (χ0n) is 12.8. The largest absolute Gasteiger partial charge is 0.317 e. The molecular weight excluding hydrogens is 246 g/mol. The monoisotopic (exact) mass is 271 g/mol. The number of hydrogen-bond donors (Lipinski definition) is 1. The standard InChI is InChI=1S/C17H25N3/c1-14-4-6-15(7-5-14)8-10-17(18-2)11-9-16-12-19-20(3)13-16/h4-7,12-13,17-18H,8-11H2,1-3H3. The molecule has 1 N–H and O–H groups in total. The molecule has 108 valence electrons. The van der Waals surface area contributed by atoms with Crippen LogP contribution in [0.2, 0.25) is 0 Å². The molecule has 0 radical (unpaired) electrons. The normalized spacial score (nSPS) is 12.6. The van der Waals surface area contributed by atoms with E-state index in [1.807, 2.05) is 17.9 Å². The number of aromatic nitrogens is 2. The van der Waals surface area contributed by atoms with Crippen LogP contribution < -0.4 is 5.32 Å². The van der Waals surface area contributed by atoms with Crippen LogP contribution in [0, 0.1) is 6.92 Å². The summed E-state index contributed by atoms with van der Waals surface area (Å²) in [5, 5.41) is 7.65. The summed E-state index contributed by atoms with van der Waals surface area (Å²) in [6.07, 6.45) is 8.64. The first-order chi connectivity index (χ1) is 9.67. The summed E-state index contributed by atoms with van der Waals surface area (Å²) in [5.41, 5.74) is 4.08. The smallest absolute Gasteiger partial charge is 0.0521 e. The van der Waals surface area contributed by atoms with Gasteiger partial charge in [-0.1, -0.05) is 29.8 Å². The van der Waals surface area contributed by atoms with E-state index in [0.717, 1.165) is 19.3 Å². The predicted octanol–water partition coefficient (Wildman–Crippen LogP) is 2.88. The minimum Gasteiger partial charge on any atom is -0.317 e. The zero-order valence-corrected chi connectivity index (χ0v) is 12.8. The van der Waals surface area contributed by atoms with Gasteiger partial charge in [-0.3, -0.25) is 4.68 Å². The highest BCUT2D eigenvalue weighted by Crippen LogP contribution is 2.11. The Morgan fingerprint density at radius 1 is 1.10 bits per heavy atom. The summed E-state index contributed by atoms with van der Waals surface area (Å²) in [6.45, 7) is 2.13.